The van der Waals surface area contributed by atoms with Crippen molar-refractivity contribution in [3.63, 3.8) is 0 Å². The summed E-state index contributed by atoms with van der Waals surface area (Å²) in [7, 11) is 0. The Morgan fingerprint density at radius 1 is 1.03 bits per heavy atom. The van der Waals surface area contributed by atoms with Crippen LogP contribution in [0.1, 0.15) is 48.6 Å². The zero-order valence-electron chi connectivity index (χ0n) is 20.5. The highest BCUT2D eigenvalue weighted by Crippen LogP contribution is 2.38. The Morgan fingerprint density at radius 3 is 2.50 bits per heavy atom. The molecule has 0 unspecified atom stereocenters. The van der Waals surface area contributed by atoms with Gasteiger partial charge in [0.25, 0.3) is 5.91 Å². The van der Waals surface area contributed by atoms with E-state index in [2.05, 4.69) is 5.32 Å². The predicted octanol–water partition coefficient (Wildman–Crippen LogP) is 5.18. The number of amides is 2. The number of carbonyl (C=O) groups excluding carboxylic acids is 2. The van der Waals surface area contributed by atoms with E-state index in [1.54, 1.807) is 24.3 Å². The molecule has 1 atom stereocenters. The molecule has 36 heavy (non-hydrogen) atoms. The number of halogens is 2. The summed E-state index contributed by atoms with van der Waals surface area (Å²) < 4.78 is 33.2. The summed E-state index contributed by atoms with van der Waals surface area (Å²) in [5, 5.41) is 2.71. The van der Waals surface area contributed by atoms with Crippen molar-refractivity contribution in [2.75, 3.05) is 13.2 Å². The molecule has 2 amide bonds. The smallest absolute Gasteiger partial charge is 0.258 e. The SMILES string of the molecule is CC(C)CC(=O)N1CCc2ccc(OCC(=O)NCc3cccc(F)c3)cc2[C@H]1c1cccc(F)c1. The Morgan fingerprint density at radius 2 is 1.78 bits per heavy atom. The van der Waals surface area contributed by atoms with Crippen LogP contribution < -0.4 is 10.1 Å². The lowest BCUT2D eigenvalue weighted by Gasteiger charge is -2.38. The summed E-state index contributed by atoms with van der Waals surface area (Å²) in [6.45, 7) is 4.52. The molecular weight excluding hydrogens is 462 g/mol. The predicted molar refractivity (Wildman–Crippen MR) is 133 cm³/mol. The summed E-state index contributed by atoms with van der Waals surface area (Å²) in [5.74, 6) is -0.360. The number of hydrogen-bond acceptors (Lipinski definition) is 3. The van der Waals surface area contributed by atoms with Crippen LogP contribution in [0.3, 0.4) is 0 Å². The number of benzene rings is 3. The molecule has 3 aromatic rings. The first-order valence-corrected chi connectivity index (χ1v) is 12.1. The van der Waals surface area contributed by atoms with Crippen LogP contribution in [0.4, 0.5) is 8.78 Å². The zero-order valence-corrected chi connectivity index (χ0v) is 20.5. The molecule has 0 fully saturated rings. The van der Waals surface area contributed by atoms with Crippen molar-refractivity contribution in [2.45, 2.75) is 39.3 Å². The summed E-state index contributed by atoms with van der Waals surface area (Å²) in [6.07, 6.45) is 1.09. The van der Waals surface area contributed by atoms with E-state index in [4.69, 9.17) is 4.74 Å². The number of nitrogens with zero attached hydrogens (tertiary/aromatic N) is 1. The van der Waals surface area contributed by atoms with Gasteiger partial charge in [0, 0.05) is 19.5 Å². The Labute approximate surface area is 210 Å². The second-order valence-electron chi connectivity index (χ2n) is 9.45. The van der Waals surface area contributed by atoms with Crippen molar-refractivity contribution >= 4 is 11.8 Å². The highest BCUT2D eigenvalue weighted by atomic mass is 19.1. The van der Waals surface area contributed by atoms with Gasteiger partial charge in [0.05, 0.1) is 6.04 Å². The summed E-state index contributed by atoms with van der Waals surface area (Å²) in [6, 6.07) is 17.5. The average Bonchev–Trinajstić information content (AvgIpc) is 2.85. The van der Waals surface area contributed by atoms with E-state index >= 15 is 0 Å². The maximum atomic E-state index is 14.1. The second-order valence-corrected chi connectivity index (χ2v) is 9.45. The molecule has 0 saturated heterocycles. The van der Waals surface area contributed by atoms with E-state index in [0.717, 1.165) is 11.1 Å². The molecule has 0 bridgehead atoms. The van der Waals surface area contributed by atoms with Crippen LogP contribution in [0, 0.1) is 17.6 Å². The normalized spacial score (nSPS) is 14.9. The van der Waals surface area contributed by atoms with Crippen LogP contribution in [-0.2, 0) is 22.6 Å². The molecule has 1 N–H and O–H groups in total. The van der Waals surface area contributed by atoms with E-state index in [0.29, 0.717) is 36.3 Å². The van der Waals surface area contributed by atoms with Crippen molar-refractivity contribution in [1.29, 1.82) is 0 Å². The third-order valence-corrected chi connectivity index (χ3v) is 6.16. The molecule has 4 rings (SSSR count). The quantitative estimate of drug-likeness (QED) is 0.472. The highest BCUT2D eigenvalue weighted by molar-refractivity contribution is 5.78. The van der Waals surface area contributed by atoms with Gasteiger partial charge in [-0.05, 0) is 71.0 Å². The van der Waals surface area contributed by atoms with Gasteiger partial charge in [-0.2, -0.15) is 0 Å². The van der Waals surface area contributed by atoms with E-state index in [-0.39, 0.29) is 42.5 Å². The summed E-state index contributed by atoms with van der Waals surface area (Å²) in [5.41, 5.74) is 3.27. The first kappa shape index (κ1) is 25.4. The summed E-state index contributed by atoms with van der Waals surface area (Å²) >= 11 is 0. The van der Waals surface area contributed by atoms with Gasteiger partial charge in [0.1, 0.15) is 17.4 Å². The maximum Gasteiger partial charge on any atom is 0.258 e. The molecule has 1 aliphatic rings. The molecule has 1 aliphatic heterocycles. The molecule has 188 valence electrons. The molecule has 0 spiro atoms. The number of hydrogen-bond donors (Lipinski definition) is 1. The van der Waals surface area contributed by atoms with Crippen LogP contribution in [0.25, 0.3) is 0 Å². The molecule has 5 nitrogen and oxygen atoms in total. The van der Waals surface area contributed by atoms with Gasteiger partial charge >= 0.3 is 0 Å². The van der Waals surface area contributed by atoms with Gasteiger partial charge in [-0.3, -0.25) is 9.59 Å². The summed E-state index contributed by atoms with van der Waals surface area (Å²) in [4.78, 5) is 27.2. The lowest BCUT2D eigenvalue weighted by molar-refractivity contribution is -0.134. The largest absolute Gasteiger partial charge is 0.484 e. The number of carbonyl (C=O) groups is 2. The minimum absolute atomic E-state index is 0.0213. The topological polar surface area (TPSA) is 58.6 Å². The first-order chi connectivity index (χ1) is 17.3. The fourth-order valence-corrected chi connectivity index (χ4v) is 4.50. The second kappa shape index (κ2) is 11.3. The molecule has 0 saturated carbocycles. The highest BCUT2D eigenvalue weighted by Gasteiger charge is 2.32. The minimum Gasteiger partial charge on any atom is -0.484 e. The Bertz CT molecular complexity index is 1240. The first-order valence-electron chi connectivity index (χ1n) is 12.1. The Balaban J connectivity index is 1.52. The number of ether oxygens (including phenoxy) is 1. The molecule has 1 heterocycles. The lowest BCUT2D eigenvalue weighted by Crippen LogP contribution is -2.41. The Kier molecular flexibility index (Phi) is 7.98. The molecule has 3 aromatic carbocycles. The van der Waals surface area contributed by atoms with Gasteiger partial charge in [0.15, 0.2) is 6.61 Å². The fourth-order valence-electron chi connectivity index (χ4n) is 4.50. The molecular formula is C29H30F2N2O3. The van der Waals surface area contributed by atoms with Crippen LogP contribution >= 0.6 is 0 Å². The monoisotopic (exact) mass is 492 g/mol. The van der Waals surface area contributed by atoms with Gasteiger partial charge in [-0.25, -0.2) is 8.78 Å². The Hall–Kier alpha value is -3.74. The maximum absolute atomic E-state index is 14.1. The fraction of sp³-hybridized carbons (Fsp3) is 0.310. The van der Waals surface area contributed by atoms with Gasteiger partial charge in [-0.15, -0.1) is 0 Å². The van der Waals surface area contributed by atoms with Crippen molar-refractivity contribution < 1.29 is 23.1 Å². The number of fused-ring (bicyclic) bond motifs is 1. The lowest BCUT2D eigenvalue weighted by atomic mass is 9.87. The van der Waals surface area contributed by atoms with Crippen molar-refractivity contribution in [3.8, 4) is 5.75 Å². The van der Waals surface area contributed by atoms with Crippen LogP contribution in [0.2, 0.25) is 0 Å². The molecule has 7 heteroatoms. The number of nitrogens with one attached hydrogen (secondary N) is 1. The number of rotatable bonds is 8. The van der Waals surface area contributed by atoms with Crippen LogP contribution in [-0.4, -0.2) is 29.9 Å². The van der Waals surface area contributed by atoms with Gasteiger partial charge in [0.2, 0.25) is 5.91 Å². The average molecular weight is 493 g/mol. The van der Waals surface area contributed by atoms with Crippen molar-refractivity contribution in [3.05, 3.63) is 101 Å². The molecule has 0 aliphatic carbocycles. The third kappa shape index (κ3) is 6.27. The van der Waals surface area contributed by atoms with Crippen molar-refractivity contribution in [2.24, 2.45) is 5.92 Å². The standard InChI is InChI=1S/C29H30F2N2O3/c1-19(2)13-28(35)33-12-11-21-9-10-25(16-26(21)29(33)22-6-4-8-24(31)15-22)36-18-27(34)32-17-20-5-3-7-23(30)14-20/h3-10,14-16,19,29H,11-13,17-18H2,1-2H3,(H,32,34)/t29-/m1/s1. The van der Waals surface area contributed by atoms with Gasteiger partial charge in [-0.1, -0.05) is 44.2 Å². The van der Waals surface area contributed by atoms with Gasteiger partial charge < -0.3 is 15.0 Å². The van der Waals surface area contributed by atoms with E-state index in [1.165, 1.54) is 24.3 Å². The minimum atomic E-state index is -0.443. The molecule has 0 radical (unpaired) electrons. The molecule has 0 aromatic heterocycles. The zero-order chi connectivity index (χ0) is 25.7. The third-order valence-electron chi connectivity index (χ3n) is 6.16. The van der Waals surface area contributed by atoms with Crippen molar-refractivity contribution in [1.82, 2.24) is 10.2 Å². The van der Waals surface area contributed by atoms with E-state index < -0.39 is 6.04 Å². The van der Waals surface area contributed by atoms with E-state index in [1.807, 2.05) is 36.9 Å². The van der Waals surface area contributed by atoms with Crippen LogP contribution in [0.5, 0.6) is 5.75 Å². The van der Waals surface area contributed by atoms with Crippen LogP contribution in [0.15, 0.2) is 66.7 Å². The van der Waals surface area contributed by atoms with E-state index in [9.17, 15) is 18.4 Å².